The fraction of sp³-hybridized carbons (Fsp3) is 0.250. The van der Waals surface area contributed by atoms with Gasteiger partial charge in [0.05, 0.1) is 5.01 Å². The number of hydrogen-bond acceptors (Lipinski definition) is 4. The van der Waals surface area contributed by atoms with Crippen molar-refractivity contribution in [3.8, 4) is 0 Å². The Kier molecular flexibility index (Phi) is 3.88. The van der Waals surface area contributed by atoms with Crippen LogP contribution in [0.1, 0.15) is 28.3 Å². The molecule has 5 nitrogen and oxygen atoms in total. The summed E-state index contributed by atoms with van der Waals surface area (Å²) < 4.78 is 0. The molecular formula is C12H13N3O2S. The highest BCUT2D eigenvalue weighted by molar-refractivity contribution is 7.09. The molecule has 0 fully saturated rings. The van der Waals surface area contributed by atoms with E-state index in [1.807, 2.05) is 12.3 Å². The lowest BCUT2D eigenvalue weighted by Gasteiger charge is -2.09. The lowest BCUT2D eigenvalue weighted by atomic mass is 10.2. The smallest absolute Gasteiger partial charge is 0.267 e. The van der Waals surface area contributed by atoms with Crippen LogP contribution < -0.4 is 10.9 Å². The second-order valence-corrected chi connectivity index (χ2v) is 4.84. The Morgan fingerprint density at radius 2 is 2.39 bits per heavy atom. The number of nitrogens with one attached hydrogen (secondary N) is 2. The van der Waals surface area contributed by atoms with Crippen LogP contribution in [0.25, 0.3) is 0 Å². The minimum atomic E-state index is -0.282. The lowest BCUT2D eigenvalue weighted by molar-refractivity contribution is 0.0946. The molecule has 6 heteroatoms. The molecule has 2 heterocycles. The van der Waals surface area contributed by atoms with Gasteiger partial charge < -0.3 is 10.3 Å². The molecule has 2 rings (SSSR count). The average Bonchev–Trinajstić information content (AvgIpc) is 2.89. The van der Waals surface area contributed by atoms with Gasteiger partial charge >= 0.3 is 0 Å². The number of carbonyl (C=O) groups is 1. The van der Waals surface area contributed by atoms with Gasteiger partial charge in [-0.2, -0.15) is 0 Å². The minimum absolute atomic E-state index is 0.157. The summed E-state index contributed by atoms with van der Waals surface area (Å²) in [5, 5.41) is 5.66. The van der Waals surface area contributed by atoms with Crippen LogP contribution in [0.3, 0.4) is 0 Å². The largest absolute Gasteiger partial charge is 0.350 e. The molecule has 1 unspecified atom stereocenters. The molecular weight excluding hydrogens is 250 g/mol. The molecule has 0 aliphatic rings. The number of nitrogens with zero attached hydrogens (tertiary/aromatic N) is 1. The summed E-state index contributed by atoms with van der Waals surface area (Å²) in [6.45, 7) is 2.48. The molecule has 2 N–H and O–H groups in total. The van der Waals surface area contributed by atoms with Gasteiger partial charge in [-0.05, 0) is 6.07 Å². The van der Waals surface area contributed by atoms with E-state index < -0.39 is 0 Å². The number of H-pyrrole nitrogens is 1. The molecule has 0 saturated carbocycles. The van der Waals surface area contributed by atoms with Crippen LogP contribution in [-0.2, 0) is 0 Å². The standard InChI is InChI=1S/C12H13N3O2S/c1-8(12-13-5-6-18-12)7-14-11(17)9-3-2-4-10(16)15-9/h2-6,8H,7H2,1H3,(H,14,17)(H,15,16). The van der Waals surface area contributed by atoms with E-state index in [0.717, 1.165) is 5.01 Å². The second-order valence-electron chi connectivity index (χ2n) is 3.91. The van der Waals surface area contributed by atoms with Crippen LogP contribution in [0.5, 0.6) is 0 Å². The van der Waals surface area contributed by atoms with Crippen LogP contribution in [-0.4, -0.2) is 22.4 Å². The fourth-order valence-electron chi connectivity index (χ4n) is 1.49. The molecule has 0 bridgehead atoms. The van der Waals surface area contributed by atoms with Crippen LogP contribution >= 0.6 is 11.3 Å². The number of aromatic amines is 1. The zero-order valence-corrected chi connectivity index (χ0v) is 10.7. The number of amides is 1. The maximum absolute atomic E-state index is 11.8. The molecule has 94 valence electrons. The van der Waals surface area contributed by atoms with Gasteiger partial charge in [0.2, 0.25) is 5.56 Å². The summed E-state index contributed by atoms with van der Waals surface area (Å²) in [5.41, 5.74) is -0.00976. The van der Waals surface area contributed by atoms with Crippen molar-refractivity contribution in [1.29, 1.82) is 0 Å². The Bertz CT molecular complexity index is 577. The zero-order chi connectivity index (χ0) is 13.0. The van der Waals surface area contributed by atoms with Crippen LogP contribution in [0.15, 0.2) is 34.6 Å². The number of pyridine rings is 1. The number of hydrogen-bond donors (Lipinski definition) is 2. The van der Waals surface area contributed by atoms with Crippen LogP contribution in [0.4, 0.5) is 0 Å². The number of rotatable bonds is 4. The molecule has 0 saturated heterocycles. The molecule has 0 spiro atoms. The lowest BCUT2D eigenvalue weighted by Crippen LogP contribution is -2.29. The van der Waals surface area contributed by atoms with E-state index >= 15 is 0 Å². The average molecular weight is 263 g/mol. The van der Waals surface area contributed by atoms with Crippen molar-refractivity contribution >= 4 is 17.2 Å². The first-order valence-corrected chi connectivity index (χ1v) is 6.41. The quantitative estimate of drug-likeness (QED) is 0.874. The normalized spacial score (nSPS) is 12.1. The summed E-state index contributed by atoms with van der Waals surface area (Å²) >= 11 is 1.56. The third kappa shape index (κ3) is 3.04. The molecule has 2 aromatic heterocycles. The van der Waals surface area contributed by atoms with E-state index in [2.05, 4.69) is 15.3 Å². The second kappa shape index (κ2) is 5.59. The first-order chi connectivity index (χ1) is 8.66. The van der Waals surface area contributed by atoms with Gasteiger partial charge in [0.25, 0.3) is 5.91 Å². The fourth-order valence-corrected chi connectivity index (χ4v) is 2.18. The van der Waals surface area contributed by atoms with Gasteiger partial charge in [-0.15, -0.1) is 11.3 Å². The Hall–Kier alpha value is -1.95. The van der Waals surface area contributed by atoms with Crippen molar-refractivity contribution in [2.75, 3.05) is 6.54 Å². The van der Waals surface area contributed by atoms with E-state index in [1.165, 1.54) is 6.07 Å². The Morgan fingerprint density at radius 1 is 1.56 bits per heavy atom. The van der Waals surface area contributed by atoms with Crippen LogP contribution in [0, 0.1) is 0 Å². The molecule has 0 aliphatic heterocycles. The molecule has 1 atom stereocenters. The summed E-state index contributed by atoms with van der Waals surface area (Å²) in [6, 6.07) is 4.50. The maximum atomic E-state index is 11.8. The molecule has 2 aromatic rings. The third-order valence-corrected chi connectivity index (χ3v) is 3.46. The van der Waals surface area contributed by atoms with Crippen molar-refractivity contribution in [3.63, 3.8) is 0 Å². The highest BCUT2D eigenvalue weighted by atomic mass is 32.1. The minimum Gasteiger partial charge on any atom is -0.350 e. The van der Waals surface area contributed by atoms with Gasteiger partial charge in [-0.3, -0.25) is 9.59 Å². The topological polar surface area (TPSA) is 74.8 Å². The van der Waals surface area contributed by atoms with Crippen molar-refractivity contribution in [3.05, 3.63) is 50.8 Å². The Morgan fingerprint density at radius 3 is 3.06 bits per heavy atom. The van der Waals surface area contributed by atoms with Crippen molar-refractivity contribution in [2.24, 2.45) is 0 Å². The van der Waals surface area contributed by atoms with E-state index in [1.54, 1.807) is 29.7 Å². The molecule has 0 aromatic carbocycles. The number of carbonyl (C=O) groups excluding carboxylic acids is 1. The van der Waals surface area contributed by atoms with Gasteiger partial charge in [-0.25, -0.2) is 4.98 Å². The first-order valence-electron chi connectivity index (χ1n) is 5.54. The van der Waals surface area contributed by atoms with E-state index in [0.29, 0.717) is 6.54 Å². The zero-order valence-electron chi connectivity index (χ0n) is 9.84. The molecule has 18 heavy (non-hydrogen) atoms. The first kappa shape index (κ1) is 12.5. The summed E-state index contributed by atoms with van der Waals surface area (Å²) in [7, 11) is 0. The third-order valence-electron chi connectivity index (χ3n) is 2.45. The maximum Gasteiger partial charge on any atom is 0.267 e. The van der Waals surface area contributed by atoms with Crippen LogP contribution in [0.2, 0.25) is 0 Å². The highest BCUT2D eigenvalue weighted by Crippen LogP contribution is 2.16. The van der Waals surface area contributed by atoms with Crippen molar-refractivity contribution in [2.45, 2.75) is 12.8 Å². The van der Waals surface area contributed by atoms with Gasteiger partial charge in [-0.1, -0.05) is 13.0 Å². The molecule has 0 radical (unpaired) electrons. The van der Waals surface area contributed by atoms with Gasteiger partial charge in [0.15, 0.2) is 0 Å². The monoisotopic (exact) mass is 263 g/mol. The summed E-state index contributed by atoms with van der Waals surface area (Å²) in [4.78, 5) is 29.5. The summed E-state index contributed by atoms with van der Waals surface area (Å²) in [5.74, 6) is -0.125. The van der Waals surface area contributed by atoms with E-state index in [9.17, 15) is 9.59 Å². The molecule has 0 aliphatic carbocycles. The van der Waals surface area contributed by atoms with Crippen molar-refractivity contribution in [1.82, 2.24) is 15.3 Å². The Balaban J connectivity index is 1.95. The predicted molar refractivity (Wildman–Crippen MR) is 69.9 cm³/mol. The summed E-state index contributed by atoms with van der Waals surface area (Å²) in [6.07, 6.45) is 1.74. The van der Waals surface area contributed by atoms with Gasteiger partial charge in [0.1, 0.15) is 5.69 Å². The van der Waals surface area contributed by atoms with Crippen molar-refractivity contribution < 1.29 is 4.79 Å². The predicted octanol–water partition coefficient (Wildman–Crippen LogP) is 1.36. The van der Waals surface area contributed by atoms with E-state index in [4.69, 9.17) is 0 Å². The van der Waals surface area contributed by atoms with Gasteiger partial charge in [0, 0.05) is 30.1 Å². The SMILES string of the molecule is CC(CNC(=O)c1cccc(=O)[nH]1)c1nccs1. The van der Waals surface area contributed by atoms with E-state index in [-0.39, 0.29) is 23.1 Å². The highest BCUT2D eigenvalue weighted by Gasteiger charge is 2.11. The number of aromatic nitrogens is 2. The molecule has 1 amide bonds. The number of thiazole rings is 1. The Labute approximate surface area is 108 Å².